The van der Waals surface area contributed by atoms with E-state index >= 15 is 0 Å². The number of aryl methyl sites for hydroxylation is 2. The molecule has 0 aliphatic carbocycles. The van der Waals surface area contributed by atoms with Crippen LogP contribution in [0.2, 0.25) is 0 Å². The molecule has 1 aromatic carbocycles. The van der Waals surface area contributed by atoms with Crippen LogP contribution in [0.25, 0.3) is 0 Å². The summed E-state index contributed by atoms with van der Waals surface area (Å²) in [6, 6.07) is 3.15. The third-order valence-electron chi connectivity index (χ3n) is 3.17. The van der Waals surface area contributed by atoms with Gasteiger partial charge in [0, 0.05) is 17.7 Å². The Kier molecular flexibility index (Phi) is 4.74. The number of anilines is 3. The average Bonchev–Trinajstić information content (AvgIpc) is 2.46. The third-order valence-corrected chi connectivity index (χ3v) is 3.77. The molecular formula is C14H17BrFN5. The number of hydrogen-bond acceptors (Lipinski definition) is 5. The highest BCUT2D eigenvalue weighted by molar-refractivity contribution is 9.10. The predicted octanol–water partition coefficient (Wildman–Crippen LogP) is 3.59. The molecule has 0 bridgehead atoms. The van der Waals surface area contributed by atoms with E-state index in [0.717, 1.165) is 16.8 Å². The SMILES string of the molecule is CCc1nc(NN)c(C)c(Nc2cc(Br)c(F)cc2C)n1. The van der Waals surface area contributed by atoms with E-state index in [9.17, 15) is 4.39 Å². The van der Waals surface area contributed by atoms with E-state index in [4.69, 9.17) is 5.84 Å². The van der Waals surface area contributed by atoms with Crippen molar-refractivity contribution in [3.63, 3.8) is 0 Å². The van der Waals surface area contributed by atoms with Gasteiger partial charge in [-0.3, -0.25) is 0 Å². The zero-order chi connectivity index (χ0) is 15.6. The summed E-state index contributed by atoms with van der Waals surface area (Å²) in [4.78, 5) is 8.77. The monoisotopic (exact) mass is 353 g/mol. The highest BCUT2D eigenvalue weighted by Gasteiger charge is 2.12. The van der Waals surface area contributed by atoms with Gasteiger partial charge < -0.3 is 10.7 Å². The summed E-state index contributed by atoms with van der Waals surface area (Å²) in [7, 11) is 0. The number of halogens is 2. The number of nitrogen functional groups attached to an aromatic ring is 1. The van der Waals surface area contributed by atoms with Crippen LogP contribution in [-0.4, -0.2) is 9.97 Å². The predicted molar refractivity (Wildman–Crippen MR) is 86.1 cm³/mol. The van der Waals surface area contributed by atoms with Crippen molar-refractivity contribution in [2.45, 2.75) is 27.2 Å². The minimum absolute atomic E-state index is 0.295. The molecule has 0 unspecified atom stereocenters. The fourth-order valence-electron chi connectivity index (χ4n) is 1.89. The molecule has 21 heavy (non-hydrogen) atoms. The molecule has 0 saturated carbocycles. The Labute approximate surface area is 131 Å². The number of benzene rings is 1. The van der Waals surface area contributed by atoms with Gasteiger partial charge in [-0.25, -0.2) is 20.2 Å². The van der Waals surface area contributed by atoms with Gasteiger partial charge in [0.2, 0.25) is 0 Å². The van der Waals surface area contributed by atoms with Crippen LogP contribution >= 0.6 is 15.9 Å². The minimum Gasteiger partial charge on any atom is -0.340 e. The van der Waals surface area contributed by atoms with Crippen LogP contribution in [0.15, 0.2) is 16.6 Å². The second-order valence-corrected chi connectivity index (χ2v) is 5.52. The Hall–Kier alpha value is -1.73. The molecule has 0 aliphatic rings. The van der Waals surface area contributed by atoms with Crippen molar-refractivity contribution in [3.05, 3.63) is 39.4 Å². The normalized spacial score (nSPS) is 10.6. The molecule has 0 amide bonds. The third kappa shape index (κ3) is 3.30. The highest BCUT2D eigenvalue weighted by atomic mass is 79.9. The van der Waals surface area contributed by atoms with E-state index in [1.54, 1.807) is 6.07 Å². The summed E-state index contributed by atoms with van der Waals surface area (Å²) in [5.74, 6) is 7.09. The van der Waals surface area contributed by atoms with E-state index in [-0.39, 0.29) is 5.82 Å². The number of nitrogens with two attached hydrogens (primary N) is 1. The standard InChI is InChI=1S/C14H17BrFN5/c1-4-12-19-13(8(3)14(20-12)21-17)18-11-6-9(15)10(16)5-7(11)2/h5-6H,4,17H2,1-3H3,(H2,18,19,20,21). The van der Waals surface area contributed by atoms with Crippen LogP contribution in [0.3, 0.4) is 0 Å². The Morgan fingerprint density at radius 1 is 1.24 bits per heavy atom. The van der Waals surface area contributed by atoms with Gasteiger partial charge in [0.15, 0.2) is 0 Å². The summed E-state index contributed by atoms with van der Waals surface area (Å²) in [5.41, 5.74) is 4.93. The van der Waals surface area contributed by atoms with Crippen molar-refractivity contribution in [1.82, 2.24) is 9.97 Å². The average molecular weight is 354 g/mol. The van der Waals surface area contributed by atoms with Gasteiger partial charge in [-0.05, 0) is 47.5 Å². The van der Waals surface area contributed by atoms with Crippen molar-refractivity contribution >= 4 is 33.3 Å². The van der Waals surface area contributed by atoms with E-state index < -0.39 is 0 Å². The van der Waals surface area contributed by atoms with Gasteiger partial charge in [-0.1, -0.05) is 6.92 Å². The molecule has 0 saturated heterocycles. The summed E-state index contributed by atoms with van der Waals surface area (Å²) in [6.07, 6.45) is 0.690. The lowest BCUT2D eigenvalue weighted by Gasteiger charge is -2.15. The largest absolute Gasteiger partial charge is 0.340 e. The molecule has 7 heteroatoms. The van der Waals surface area contributed by atoms with Crippen LogP contribution < -0.4 is 16.6 Å². The number of hydrogen-bond donors (Lipinski definition) is 3. The Morgan fingerprint density at radius 2 is 1.90 bits per heavy atom. The zero-order valence-electron chi connectivity index (χ0n) is 12.1. The maximum absolute atomic E-state index is 13.5. The van der Waals surface area contributed by atoms with Crippen LogP contribution in [0.4, 0.5) is 21.7 Å². The molecule has 0 spiro atoms. The van der Waals surface area contributed by atoms with Crippen molar-refractivity contribution in [2.75, 3.05) is 10.7 Å². The van der Waals surface area contributed by atoms with Crippen molar-refractivity contribution in [2.24, 2.45) is 5.84 Å². The second-order valence-electron chi connectivity index (χ2n) is 4.67. The first-order chi connectivity index (χ1) is 9.96. The molecule has 0 atom stereocenters. The molecular weight excluding hydrogens is 337 g/mol. The van der Waals surface area contributed by atoms with E-state index in [1.165, 1.54) is 6.07 Å². The fourth-order valence-corrected chi connectivity index (χ4v) is 2.24. The topological polar surface area (TPSA) is 75.9 Å². The minimum atomic E-state index is -0.295. The number of nitrogens with zero attached hydrogens (tertiary/aromatic N) is 2. The molecule has 0 aliphatic heterocycles. The van der Waals surface area contributed by atoms with Crippen LogP contribution in [0.5, 0.6) is 0 Å². The molecule has 1 heterocycles. The van der Waals surface area contributed by atoms with Crippen LogP contribution in [0, 0.1) is 19.7 Å². The summed E-state index contributed by atoms with van der Waals surface area (Å²) >= 11 is 3.19. The van der Waals surface area contributed by atoms with Gasteiger partial charge in [0.05, 0.1) is 4.47 Å². The molecule has 0 radical (unpaired) electrons. The maximum atomic E-state index is 13.5. The first-order valence-corrected chi connectivity index (χ1v) is 7.32. The smallest absolute Gasteiger partial charge is 0.148 e. The Balaban J connectivity index is 2.46. The lowest BCUT2D eigenvalue weighted by atomic mass is 10.2. The van der Waals surface area contributed by atoms with Gasteiger partial charge in [-0.2, -0.15) is 0 Å². The number of rotatable bonds is 4. The van der Waals surface area contributed by atoms with Crippen molar-refractivity contribution in [3.8, 4) is 0 Å². The quantitative estimate of drug-likeness (QED) is 0.578. The van der Waals surface area contributed by atoms with Crippen molar-refractivity contribution in [1.29, 1.82) is 0 Å². The second kappa shape index (κ2) is 6.36. The van der Waals surface area contributed by atoms with Gasteiger partial charge >= 0.3 is 0 Å². The molecule has 2 rings (SSSR count). The van der Waals surface area contributed by atoms with E-state index in [2.05, 4.69) is 36.6 Å². The highest BCUT2D eigenvalue weighted by Crippen LogP contribution is 2.29. The summed E-state index contributed by atoms with van der Waals surface area (Å²) in [5, 5.41) is 3.21. The number of hydrazine groups is 1. The lowest BCUT2D eigenvalue weighted by molar-refractivity contribution is 0.620. The van der Waals surface area contributed by atoms with Gasteiger partial charge in [-0.15, -0.1) is 0 Å². The first kappa shape index (κ1) is 15.7. The summed E-state index contributed by atoms with van der Waals surface area (Å²) < 4.78 is 13.9. The van der Waals surface area contributed by atoms with E-state index in [1.807, 2.05) is 20.8 Å². The molecule has 1 aromatic heterocycles. The fraction of sp³-hybridized carbons (Fsp3) is 0.286. The molecule has 0 fully saturated rings. The lowest BCUT2D eigenvalue weighted by Crippen LogP contribution is -2.14. The number of nitrogens with one attached hydrogen (secondary N) is 2. The van der Waals surface area contributed by atoms with Gasteiger partial charge in [0.25, 0.3) is 0 Å². The number of aromatic nitrogens is 2. The van der Waals surface area contributed by atoms with Crippen molar-refractivity contribution < 1.29 is 4.39 Å². The molecule has 4 N–H and O–H groups in total. The van der Waals surface area contributed by atoms with Crippen LogP contribution in [0.1, 0.15) is 23.9 Å². The first-order valence-electron chi connectivity index (χ1n) is 6.53. The zero-order valence-corrected chi connectivity index (χ0v) is 13.7. The maximum Gasteiger partial charge on any atom is 0.148 e. The Morgan fingerprint density at radius 3 is 2.52 bits per heavy atom. The van der Waals surface area contributed by atoms with E-state index in [0.29, 0.717) is 28.4 Å². The summed E-state index contributed by atoms with van der Waals surface area (Å²) in [6.45, 7) is 5.66. The molecule has 5 nitrogen and oxygen atoms in total. The Bertz CT molecular complexity index is 675. The van der Waals surface area contributed by atoms with Crippen LogP contribution in [-0.2, 0) is 6.42 Å². The molecule has 112 valence electrons. The van der Waals surface area contributed by atoms with Gasteiger partial charge in [0.1, 0.15) is 23.3 Å². The molecule has 2 aromatic rings.